The Morgan fingerprint density at radius 1 is 1.31 bits per heavy atom. The Labute approximate surface area is 108 Å². The molecule has 0 unspecified atom stereocenters. The van der Waals surface area contributed by atoms with Crippen LogP contribution in [0.25, 0.3) is 0 Å². The summed E-state index contributed by atoms with van der Waals surface area (Å²) < 4.78 is 33.7. The number of hydrogen-bond acceptors (Lipinski definition) is 4. The molecule has 0 bridgehead atoms. The molecule has 1 aromatic carbocycles. The van der Waals surface area contributed by atoms with Crippen molar-refractivity contribution in [1.82, 2.24) is 0 Å². The van der Waals surface area contributed by atoms with Crippen molar-refractivity contribution in [1.29, 1.82) is 0 Å². The fourth-order valence-corrected chi connectivity index (χ4v) is 2.73. The van der Waals surface area contributed by atoms with E-state index in [1.165, 1.54) is 0 Å². The van der Waals surface area contributed by atoms with E-state index in [0.29, 0.717) is 0 Å². The van der Waals surface area contributed by atoms with Gasteiger partial charge in [-0.2, -0.15) is 8.42 Å². The highest BCUT2D eigenvalue weighted by Gasteiger charge is 2.44. The first-order valence-corrected chi connectivity index (χ1v) is 7.55. The van der Waals surface area contributed by atoms with Gasteiger partial charge in [-0.25, -0.2) is 0 Å². The van der Waals surface area contributed by atoms with Crippen LogP contribution in [0, 0.1) is 3.57 Å². The Kier molecular flexibility index (Phi) is 3.26. The third-order valence-corrected chi connectivity index (χ3v) is 3.69. The molecular weight excluding hydrogens is 343 g/mol. The molecule has 4 nitrogen and oxygen atoms in total. The molecule has 0 radical (unpaired) electrons. The molecule has 88 valence electrons. The third-order valence-electron chi connectivity index (χ3n) is 2.35. The number of rotatable bonds is 3. The zero-order valence-electron chi connectivity index (χ0n) is 8.64. The van der Waals surface area contributed by atoms with Crippen molar-refractivity contribution in [2.75, 3.05) is 19.5 Å². The molecule has 0 amide bonds. The van der Waals surface area contributed by atoms with Gasteiger partial charge in [0.25, 0.3) is 10.1 Å². The zero-order valence-corrected chi connectivity index (χ0v) is 11.6. The Hall–Kier alpha value is -0.180. The van der Waals surface area contributed by atoms with Gasteiger partial charge >= 0.3 is 0 Å². The topological polar surface area (TPSA) is 52.6 Å². The average Bonchev–Trinajstić information content (AvgIpc) is 2.11. The van der Waals surface area contributed by atoms with Crippen LogP contribution in [0.2, 0.25) is 0 Å². The lowest BCUT2D eigenvalue weighted by Crippen LogP contribution is -2.50. The van der Waals surface area contributed by atoms with Crippen molar-refractivity contribution in [2.45, 2.75) is 5.60 Å². The maximum atomic E-state index is 11.2. The molecule has 2 rings (SSSR count). The Morgan fingerprint density at radius 2 is 1.88 bits per heavy atom. The first kappa shape index (κ1) is 12.3. The van der Waals surface area contributed by atoms with Gasteiger partial charge in [-0.3, -0.25) is 4.18 Å². The Bertz CT molecular complexity index is 476. The van der Waals surface area contributed by atoms with Gasteiger partial charge in [0.1, 0.15) is 0 Å². The number of hydrogen-bond donors (Lipinski definition) is 0. The molecule has 1 aliphatic heterocycles. The van der Waals surface area contributed by atoms with Crippen molar-refractivity contribution in [3.63, 3.8) is 0 Å². The summed E-state index contributed by atoms with van der Waals surface area (Å²) in [4.78, 5) is 0. The summed E-state index contributed by atoms with van der Waals surface area (Å²) in [6, 6.07) is 7.58. The molecule has 0 atom stereocenters. The van der Waals surface area contributed by atoms with E-state index in [4.69, 9.17) is 8.92 Å². The van der Waals surface area contributed by atoms with Crippen LogP contribution in [0.1, 0.15) is 5.56 Å². The number of halogens is 1. The lowest BCUT2D eigenvalue weighted by molar-refractivity contribution is -0.164. The second-order valence-corrected chi connectivity index (χ2v) is 6.60. The van der Waals surface area contributed by atoms with Crippen LogP contribution in [-0.2, 0) is 24.6 Å². The SMILES string of the molecule is CS(=O)(=O)OC1(c2ccc(I)cc2)COC1. The maximum absolute atomic E-state index is 11.2. The smallest absolute Gasteiger partial charge is 0.265 e. The van der Waals surface area contributed by atoms with Gasteiger partial charge in [-0.05, 0) is 40.3 Å². The highest BCUT2D eigenvalue weighted by atomic mass is 127. The van der Waals surface area contributed by atoms with Crippen LogP contribution in [0.4, 0.5) is 0 Å². The van der Waals surface area contributed by atoms with Crippen molar-refractivity contribution >= 4 is 32.7 Å². The fraction of sp³-hybridized carbons (Fsp3) is 0.400. The van der Waals surface area contributed by atoms with Crippen molar-refractivity contribution in [3.8, 4) is 0 Å². The van der Waals surface area contributed by atoms with Crippen molar-refractivity contribution < 1.29 is 17.3 Å². The minimum atomic E-state index is -3.48. The molecular formula is C10H11IO4S. The number of ether oxygens (including phenoxy) is 1. The van der Waals surface area contributed by atoms with E-state index >= 15 is 0 Å². The standard InChI is InChI=1S/C10H11IO4S/c1-16(12,13)15-10(6-14-7-10)8-2-4-9(11)5-3-8/h2-5H,6-7H2,1H3. The predicted molar refractivity (Wildman–Crippen MR) is 67.6 cm³/mol. The summed E-state index contributed by atoms with van der Waals surface area (Å²) in [6.45, 7) is 0.557. The normalized spacial score (nSPS) is 19.1. The summed E-state index contributed by atoms with van der Waals surface area (Å²) in [6.07, 6.45) is 1.06. The molecule has 1 heterocycles. The molecule has 0 aromatic heterocycles. The first-order chi connectivity index (χ1) is 7.41. The highest BCUT2D eigenvalue weighted by molar-refractivity contribution is 14.1. The van der Waals surface area contributed by atoms with E-state index in [9.17, 15) is 8.42 Å². The van der Waals surface area contributed by atoms with E-state index in [2.05, 4.69) is 22.6 Å². The van der Waals surface area contributed by atoms with Gasteiger partial charge in [0.2, 0.25) is 0 Å². The van der Waals surface area contributed by atoms with E-state index in [0.717, 1.165) is 15.4 Å². The summed E-state index contributed by atoms with van der Waals surface area (Å²) in [7, 11) is -3.48. The summed E-state index contributed by atoms with van der Waals surface area (Å²) >= 11 is 2.19. The van der Waals surface area contributed by atoms with Crippen LogP contribution >= 0.6 is 22.6 Å². The van der Waals surface area contributed by atoms with Gasteiger partial charge < -0.3 is 4.74 Å². The highest BCUT2D eigenvalue weighted by Crippen LogP contribution is 2.35. The van der Waals surface area contributed by atoms with Crippen LogP contribution in [0.5, 0.6) is 0 Å². The molecule has 1 aliphatic rings. The van der Waals surface area contributed by atoms with Gasteiger partial charge in [-0.15, -0.1) is 0 Å². The second-order valence-electron chi connectivity index (χ2n) is 3.78. The quantitative estimate of drug-likeness (QED) is 0.610. The third kappa shape index (κ3) is 2.55. The molecule has 1 aromatic rings. The Balaban J connectivity index is 2.31. The fourth-order valence-electron chi connectivity index (χ4n) is 1.59. The summed E-state index contributed by atoms with van der Waals surface area (Å²) in [5.74, 6) is 0. The van der Waals surface area contributed by atoms with E-state index in [1.807, 2.05) is 24.3 Å². The van der Waals surface area contributed by atoms with E-state index in [1.54, 1.807) is 0 Å². The second kappa shape index (κ2) is 4.25. The van der Waals surface area contributed by atoms with Crippen molar-refractivity contribution in [2.24, 2.45) is 0 Å². The molecule has 16 heavy (non-hydrogen) atoms. The largest absolute Gasteiger partial charge is 0.374 e. The van der Waals surface area contributed by atoms with Gasteiger partial charge in [-0.1, -0.05) is 12.1 Å². The number of benzene rings is 1. The summed E-state index contributed by atoms with van der Waals surface area (Å²) in [5, 5.41) is 0. The van der Waals surface area contributed by atoms with Gasteiger partial charge in [0.15, 0.2) is 5.60 Å². The minimum Gasteiger partial charge on any atom is -0.374 e. The first-order valence-electron chi connectivity index (χ1n) is 4.66. The minimum absolute atomic E-state index is 0.278. The predicted octanol–water partition coefficient (Wildman–Crippen LogP) is 1.49. The van der Waals surface area contributed by atoms with Crippen LogP contribution < -0.4 is 0 Å². The molecule has 0 spiro atoms. The van der Waals surface area contributed by atoms with Gasteiger partial charge in [0.05, 0.1) is 19.5 Å². The summed E-state index contributed by atoms with van der Waals surface area (Å²) in [5.41, 5.74) is 0.0161. The molecule has 0 saturated carbocycles. The lowest BCUT2D eigenvalue weighted by atomic mass is 9.92. The van der Waals surface area contributed by atoms with Gasteiger partial charge in [0, 0.05) is 3.57 Å². The monoisotopic (exact) mass is 354 g/mol. The zero-order chi connectivity index (χ0) is 11.8. The van der Waals surface area contributed by atoms with E-state index < -0.39 is 15.7 Å². The van der Waals surface area contributed by atoms with Crippen molar-refractivity contribution in [3.05, 3.63) is 33.4 Å². The molecule has 0 N–H and O–H groups in total. The molecule has 0 aliphatic carbocycles. The van der Waals surface area contributed by atoms with Crippen LogP contribution in [0.3, 0.4) is 0 Å². The lowest BCUT2D eigenvalue weighted by Gasteiger charge is -2.40. The average molecular weight is 354 g/mol. The maximum Gasteiger partial charge on any atom is 0.265 e. The van der Waals surface area contributed by atoms with E-state index in [-0.39, 0.29) is 13.2 Å². The molecule has 6 heteroatoms. The van der Waals surface area contributed by atoms with Crippen LogP contribution in [-0.4, -0.2) is 27.9 Å². The molecule has 1 fully saturated rings. The van der Waals surface area contributed by atoms with Crippen LogP contribution in [0.15, 0.2) is 24.3 Å². The Morgan fingerprint density at radius 3 is 2.25 bits per heavy atom. The molecule has 1 saturated heterocycles.